The van der Waals surface area contributed by atoms with Crippen LogP contribution < -0.4 is 0 Å². The number of hydrogen-bond acceptors (Lipinski definition) is 6. The van der Waals surface area contributed by atoms with Crippen LogP contribution in [0, 0.1) is 0 Å². The molecule has 0 aliphatic heterocycles. The second-order valence-electron chi connectivity index (χ2n) is 7.20. The quantitative estimate of drug-likeness (QED) is 0.788. The maximum atomic E-state index is 13.1. The standard InChI is InChI=1S/C21H18O6/c1-11(22)27-10-21(26)8-16-18(17(23)9-21)20(25)15-7-13-5-3-2-4-12(13)6-14(15)19(16)24/h2-7,17,23,26H,8-10H2,1H3. The number of esters is 1. The van der Waals surface area contributed by atoms with Gasteiger partial charge in [0.2, 0.25) is 0 Å². The summed E-state index contributed by atoms with van der Waals surface area (Å²) in [6.07, 6.45) is -1.63. The lowest BCUT2D eigenvalue weighted by molar-refractivity contribution is -0.151. The first kappa shape index (κ1) is 17.6. The topological polar surface area (TPSA) is 101 Å². The van der Waals surface area contributed by atoms with Crippen molar-refractivity contribution < 1.29 is 29.3 Å². The second-order valence-corrected chi connectivity index (χ2v) is 7.20. The van der Waals surface area contributed by atoms with Crippen LogP contribution in [-0.2, 0) is 9.53 Å². The number of aliphatic hydroxyl groups excluding tert-OH is 1. The molecule has 4 rings (SSSR count). The van der Waals surface area contributed by atoms with Crippen LogP contribution in [0.2, 0.25) is 0 Å². The summed E-state index contributed by atoms with van der Waals surface area (Å²) in [5.41, 5.74) is -0.927. The minimum atomic E-state index is -1.59. The number of ether oxygens (including phenoxy) is 1. The van der Waals surface area contributed by atoms with E-state index in [0.717, 1.165) is 10.8 Å². The van der Waals surface area contributed by atoms with Crippen molar-refractivity contribution in [2.45, 2.75) is 31.5 Å². The molecule has 2 N–H and O–H groups in total. The zero-order valence-corrected chi connectivity index (χ0v) is 14.7. The van der Waals surface area contributed by atoms with Crippen LogP contribution in [0.1, 0.15) is 40.5 Å². The third kappa shape index (κ3) is 2.87. The Morgan fingerprint density at radius 3 is 2.33 bits per heavy atom. The van der Waals surface area contributed by atoms with E-state index in [0.29, 0.717) is 0 Å². The molecule has 6 nitrogen and oxygen atoms in total. The maximum absolute atomic E-state index is 13.1. The van der Waals surface area contributed by atoms with Gasteiger partial charge in [-0.3, -0.25) is 14.4 Å². The molecule has 0 amide bonds. The minimum absolute atomic E-state index is 0.0373. The first-order valence-corrected chi connectivity index (χ1v) is 8.68. The summed E-state index contributed by atoms with van der Waals surface area (Å²) in [6.45, 7) is 0.867. The van der Waals surface area contributed by atoms with E-state index in [1.165, 1.54) is 6.92 Å². The summed E-state index contributed by atoms with van der Waals surface area (Å²) < 4.78 is 4.88. The first-order valence-electron chi connectivity index (χ1n) is 8.68. The number of fused-ring (bicyclic) bond motifs is 2. The molecule has 27 heavy (non-hydrogen) atoms. The predicted octanol–water partition coefficient (Wildman–Crippen LogP) is 1.96. The summed E-state index contributed by atoms with van der Waals surface area (Å²) in [7, 11) is 0. The van der Waals surface area contributed by atoms with Gasteiger partial charge in [-0.25, -0.2) is 0 Å². The van der Waals surface area contributed by atoms with Gasteiger partial charge in [-0.2, -0.15) is 0 Å². The molecule has 2 aromatic rings. The molecule has 0 spiro atoms. The second kappa shape index (κ2) is 6.11. The number of carbonyl (C=O) groups is 3. The van der Waals surface area contributed by atoms with Crippen LogP contribution in [0.25, 0.3) is 10.8 Å². The Labute approximate surface area is 155 Å². The zero-order chi connectivity index (χ0) is 19.3. The lowest BCUT2D eigenvalue weighted by atomic mass is 9.71. The number of aliphatic hydroxyl groups is 2. The highest BCUT2D eigenvalue weighted by molar-refractivity contribution is 6.28. The van der Waals surface area contributed by atoms with E-state index in [1.54, 1.807) is 12.1 Å². The van der Waals surface area contributed by atoms with Gasteiger partial charge in [0.15, 0.2) is 11.6 Å². The first-order chi connectivity index (χ1) is 12.8. The lowest BCUT2D eigenvalue weighted by Crippen LogP contribution is -2.47. The summed E-state index contributed by atoms with van der Waals surface area (Å²) >= 11 is 0. The highest BCUT2D eigenvalue weighted by Gasteiger charge is 2.46. The highest BCUT2D eigenvalue weighted by atomic mass is 16.5. The average Bonchev–Trinajstić information content (AvgIpc) is 2.63. The minimum Gasteiger partial charge on any atom is -0.463 e. The summed E-state index contributed by atoms with van der Waals surface area (Å²) in [5, 5.41) is 22.9. The average molecular weight is 366 g/mol. The number of carbonyl (C=O) groups excluding carboxylic acids is 3. The van der Waals surface area contributed by atoms with E-state index in [4.69, 9.17) is 4.74 Å². The lowest BCUT2D eigenvalue weighted by Gasteiger charge is -2.38. The Bertz CT molecular complexity index is 1030. The van der Waals surface area contributed by atoms with Crippen molar-refractivity contribution in [1.82, 2.24) is 0 Å². The molecular weight excluding hydrogens is 348 g/mol. The Kier molecular flexibility index (Phi) is 3.98. The fourth-order valence-corrected chi connectivity index (χ4v) is 3.92. The third-order valence-electron chi connectivity index (χ3n) is 5.18. The Hall–Kier alpha value is -2.83. The van der Waals surface area contributed by atoms with E-state index < -0.39 is 23.5 Å². The Morgan fingerprint density at radius 1 is 1.15 bits per heavy atom. The molecule has 0 saturated carbocycles. The van der Waals surface area contributed by atoms with Gasteiger partial charge in [0.05, 0.1) is 6.10 Å². The normalized spacial score (nSPS) is 24.6. The number of hydrogen-bond donors (Lipinski definition) is 2. The van der Waals surface area contributed by atoms with Gasteiger partial charge in [-0.1, -0.05) is 24.3 Å². The van der Waals surface area contributed by atoms with Gasteiger partial charge < -0.3 is 14.9 Å². The van der Waals surface area contributed by atoms with E-state index in [1.807, 2.05) is 24.3 Å². The molecular formula is C21H18O6. The monoisotopic (exact) mass is 366 g/mol. The van der Waals surface area contributed by atoms with Gasteiger partial charge in [0, 0.05) is 42.0 Å². The van der Waals surface area contributed by atoms with Crippen molar-refractivity contribution in [3.8, 4) is 0 Å². The Balaban J connectivity index is 1.80. The molecule has 2 aliphatic carbocycles. The molecule has 6 heteroatoms. The van der Waals surface area contributed by atoms with Crippen LogP contribution in [0.3, 0.4) is 0 Å². The summed E-state index contributed by atoms with van der Waals surface area (Å²) in [4.78, 5) is 37.1. The van der Waals surface area contributed by atoms with E-state index in [2.05, 4.69) is 0 Å². The smallest absolute Gasteiger partial charge is 0.302 e. The van der Waals surface area contributed by atoms with Crippen molar-refractivity contribution in [1.29, 1.82) is 0 Å². The molecule has 0 heterocycles. The van der Waals surface area contributed by atoms with Crippen molar-refractivity contribution in [3.63, 3.8) is 0 Å². The van der Waals surface area contributed by atoms with Crippen LogP contribution in [-0.4, -0.2) is 46.1 Å². The molecule has 0 radical (unpaired) electrons. The van der Waals surface area contributed by atoms with Crippen LogP contribution in [0.15, 0.2) is 47.5 Å². The van der Waals surface area contributed by atoms with Gasteiger partial charge in [0.25, 0.3) is 0 Å². The summed E-state index contributed by atoms with van der Waals surface area (Å²) in [5.74, 6) is -1.35. The van der Waals surface area contributed by atoms with Crippen LogP contribution in [0.4, 0.5) is 0 Å². The van der Waals surface area contributed by atoms with E-state index >= 15 is 0 Å². The molecule has 2 aliphatic rings. The number of Topliss-reactive ketones (excluding diaryl/α,β-unsaturated/α-hetero) is 2. The zero-order valence-electron chi connectivity index (χ0n) is 14.7. The van der Waals surface area contributed by atoms with Gasteiger partial charge >= 0.3 is 5.97 Å². The van der Waals surface area contributed by atoms with Crippen LogP contribution in [0.5, 0.6) is 0 Å². The molecule has 2 aromatic carbocycles. The third-order valence-corrected chi connectivity index (χ3v) is 5.18. The number of benzene rings is 2. The molecule has 0 bridgehead atoms. The molecule has 0 saturated heterocycles. The Morgan fingerprint density at radius 2 is 1.74 bits per heavy atom. The summed E-state index contributed by atoms with van der Waals surface area (Å²) in [6, 6.07) is 10.7. The van der Waals surface area contributed by atoms with E-state index in [-0.39, 0.29) is 47.5 Å². The molecule has 2 unspecified atom stereocenters. The largest absolute Gasteiger partial charge is 0.463 e. The fraction of sp³-hybridized carbons (Fsp3) is 0.286. The van der Waals surface area contributed by atoms with Crippen molar-refractivity contribution in [3.05, 3.63) is 58.7 Å². The maximum Gasteiger partial charge on any atom is 0.302 e. The van der Waals surface area contributed by atoms with Crippen molar-refractivity contribution in [2.75, 3.05) is 6.61 Å². The number of rotatable bonds is 2. The fourth-order valence-electron chi connectivity index (χ4n) is 3.92. The SMILES string of the molecule is CC(=O)OCC1(O)CC2=C(C(=O)c3cc4ccccc4cc3C2=O)C(O)C1. The predicted molar refractivity (Wildman–Crippen MR) is 96.5 cm³/mol. The van der Waals surface area contributed by atoms with Gasteiger partial charge in [-0.05, 0) is 22.9 Å². The van der Waals surface area contributed by atoms with Gasteiger partial charge in [-0.15, -0.1) is 0 Å². The molecule has 0 aromatic heterocycles. The molecule has 138 valence electrons. The molecule has 0 fully saturated rings. The van der Waals surface area contributed by atoms with Crippen molar-refractivity contribution in [2.24, 2.45) is 0 Å². The highest BCUT2D eigenvalue weighted by Crippen LogP contribution is 2.40. The van der Waals surface area contributed by atoms with E-state index in [9.17, 15) is 24.6 Å². The van der Waals surface area contributed by atoms with Crippen molar-refractivity contribution >= 4 is 28.3 Å². The molecule has 2 atom stereocenters. The number of ketones is 2. The van der Waals surface area contributed by atoms with Gasteiger partial charge in [0.1, 0.15) is 12.2 Å². The van der Waals surface area contributed by atoms with Crippen LogP contribution >= 0.6 is 0 Å².